The molecule has 6 rings (SSSR count). The van der Waals surface area contributed by atoms with Crippen LogP contribution in [0.1, 0.15) is 36.1 Å². The van der Waals surface area contributed by atoms with Crippen LogP contribution in [0.2, 0.25) is 0 Å². The highest BCUT2D eigenvalue weighted by molar-refractivity contribution is 8.00. The fraction of sp³-hybridized carbons (Fsp3) is 0.226. The van der Waals surface area contributed by atoms with Crippen LogP contribution in [0.25, 0.3) is 5.76 Å². The van der Waals surface area contributed by atoms with E-state index in [4.69, 9.17) is 14.2 Å². The van der Waals surface area contributed by atoms with E-state index in [9.17, 15) is 14.7 Å². The van der Waals surface area contributed by atoms with Crippen LogP contribution in [0.4, 0.5) is 5.13 Å². The van der Waals surface area contributed by atoms with Crippen molar-refractivity contribution in [3.05, 3.63) is 95.1 Å². The lowest BCUT2D eigenvalue weighted by Gasteiger charge is -2.23. The number of Topliss-reactive ketones (excluding diaryl/α,β-unsaturated/α-hetero) is 1. The van der Waals surface area contributed by atoms with Crippen LogP contribution in [0.5, 0.6) is 17.2 Å². The Bertz CT molecular complexity index is 1660. The van der Waals surface area contributed by atoms with Crippen LogP contribution in [0, 0.1) is 0 Å². The van der Waals surface area contributed by atoms with Gasteiger partial charge in [0, 0.05) is 11.3 Å². The summed E-state index contributed by atoms with van der Waals surface area (Å²) in [5.74, 6) is 0.339. The van der Waals surface area contributed by atoms with Crippen molar-refractivity contribution in [2.45, 2.75) is 29.5 Å². The Morgan fingerprint density at radius 1 is 1.02 bits per heavy atom. The third kappa shape index (κ3) is 5.57. The van der Waals surface area contributed by atoms with Crippen molar-refractivity contribution in [1.82, 2.24) is 10.2 Å². The molecular weight excluding hydrogens is 574 g/mol. The van der Waals surface area contributed by atoms with E-state index in [1.807, 2.05) is 43.3 Å². The maximum absolute atomic E-state index is 13.6. The van der Waals surface area contributed by atoms with Crippen molar-refractivity contribution < 1.29 is 28.9 Å². The summed E-state index contributed by atoms with van der Waals surface area (Å²) >= 11 is 2.72. The molecule has 0 unspecified atom stereocenters. The van der Waals surface area contributed by atoms with E-state index in [2.05, 4.69) is 10.2 Å². The molecule has 3 heterocycles. The number of carbonyl (C=O) groups is 2. The molecule has 42 heavy (non-hydrogen) atoms. The maximum Gasteiger partial charge on any atom is 0.301 e. The topological polar surface area (TPSA) is 111 Å². The molecule has 0 bridgehead atoms. The van der Waals surface area contributed by atoms with Crippen LogP contribution in [-0.2, 0) is 15.3 Å². The van der Waals surface area contributed by atoms with E-state index in [1.165, 1.54) is 28.0 Å². The van der Waals surface area contributed by atoms with Gasteiger partial charge in [-0.1, -0.05) is 72.5 Å². The molecule has 2 aliphatic heterocycles. The van der Waals surface area contributed by atoms with Crippen LogP contribution in [0.15, 0.2) is 82.7 Å². The molecule has 11 heteroatoms. The van der Waals surface area contributed by atoms with E-state index < -0.39 is 17.7 Å². The van der Waals surface area contributed by atoms with Gasteiger partial charge in [0.25, 0.3) is 5.78 Å². The van der Waals surface area contributed by atoms with Crippen molar-refractivity contribution in [2.24, 2.45) is 0 Å². The Labute approximate surface area is 250 Å². The predicted octanol–water partition coefficient (Wildman–Crippen LogP) is 6.02. The lowest BCUT2D eigenvalue weighted by Crippen LogP contribution is -2.29. The van der Waals surface area contributed by atoms with Gasteiger partial charge >= 0.3 is 5.91 Å². The van der Waals surface area contributed by atoms with Crippen LogP contribution >= 0.6 is 23.1 Å². The summed E-state index contributed by atoms with van der Waals surface area (Å²) < 4.78 is 17.8. The average molecular weight is 602 g/mol. The molecular formula is C31H27N3O6S2. The quantitative estimate of drug-likeness (QED) is 0.0810. The Balaban J connectivity index is 1.41. The van der Waals surface area contributed by atoms with Crippen molar-refractivity contribution in [1.29, 1.82) is 0 Å². The number of fused-ring (bicyclic) bond motifs is 1. The predicted molar refractivity (Wildman–Crippen MR) is 160 cm³/mol. The number of amides is 1. The lowest BCUT2D eigenvalue weighted by atomic mass is 9.95. The van der Waals surface area contributed by atoms with Crippen LogP contribution < -0.4 is 19.1 Å². The normalized spacial score (nSPS) is 17.5. The second kappa shape index (κ2) is 12.3. The number of benzene rings is 3. The maximum atomic E-state index is 13.6. The standard InChI is InChI=1S/C31H27N3O6S2/c1-2-13-38-22-10-6-9-20(16-22)26-25(27(35)21-11-12-23-24(17-21)40-15-14-39-23)28(36)29(37)34(26)30-32-33-31(42-30)41-18-19-7-4-3-5-8-19/h3-12,16-17,26,35H,2,13-15,18H2,1H3/t26-/m0/s1. The molecule has 4 aromatic rings. The number of nitrogens with zero attached hydrogens (tertiary/aromatic N) is 3. The largest absolute Gasteiger partial charge is 0.507 e. The monoisotopic (exact) mass is 601 g/mol. The molecule has 0 radical (unpaired) electrons. The summed E-state index contributed by atoms with van der Waals surface area (Å²) in [6.45, 7) is 3.31. The number of hydrogen-bond donors (Lipinski definition) is 1. The molecule has 0 aliphatic carbocycles. The van der Waals surface area contributed by atoms with Gasteiger partial charge in [0.1, 0.15) is 24.7 Å². The van der Waals surface area contributed by atoms with Gasteiger partial charge in [-0.3, -0.25) is 14.5 Å². The number of ketones is 1. The van der Waals surface area contributed by atoms with Crippen molar-refractivity contribution in [3.8, 4) is 17.2 Å². The first-order chi connectivity index (χ1) is 20.5. The number of hydrogen-bond acceptors (Lipinski definition) is 10. The number of ether oxygens (including phenoxy) is 3. The van der Waals surface area contributed by atoms with Crippen molar-refractivity contribution >= 4 is 45.7 Å². The Morgan fingerprint density at radius 3 is 2.64 bits per heavy atom. The second-order valence-electron chi connectivity index (χ2n) is 9.57. The zero-order valence-corrected chi connectivity index (χ0v) is 24.3. The van der Waals surface area contributed by atoms with E-state index in [-0.39, 0.29) is 16.5 Å². The summed E-state index contributed by atoms with van der Waals surface area (Å²) in [6, 6.07) is 21.1. The first-order valence-electron chi connectivity index (χ1n) is 13.5. The summed E-state index contributed by atoms with van der Waals surface area (Å²) in [4.78, 5) is 28.5. The number of aliphatic hydroxyl groups is 1. The van der Waals surface area contributed by atoms with Gasteiger partial charge in [0.2, 0.25) is 5.13 Å². The minimum Gasteiger partial charge on any atom is -0.507 e. The molecule has 9 nitrogen and oxygen atoms in total. The number of carbonyl (C=O) groups excluding carboxylic acids is 2. The van der Waals surface area contributed by atoms with Gasteiger partial charge in [0.05, 0.1) is 18.2 Å². The molecule has 3 aromatic carbocycles. The summed E-state index contributed by atoms with van der Waals surface area (Å²) in [5.41, 5.74) is 1.99. The molecule has 1 saturated heterocycles. The highest BCUT2D eigenvalue weighted by Gasteiger charge is 2.48. The van der Waals surface area contributed by atoms with Gasteiger partial charge in [-0.15, -0.1) is 10.2 Å². The van der Waals surface area contributed by atoms with Crippen molar-refractivity contribution in [2.75, 3.05) is 24.7 Å². The highest BCUT2D eigenvalue weighted by Crippen LogP contribution is 2.45. The Kier molecular flexibility index (Phi) is 8.11. The molecule has 214 valence electrons. The molecule has 1 aromatic heterocycles. The number of aromatic nitrogens is 2. The van der Waals surface area contributed by atoms with Crippen LogP contribution in [0.3, 0.4) is 0 Å². The van der Waals surface area contributed by atoms with E-state index in [1.54, 1.807) is 36.4 Å². The van der Waals surface area contributed by atoms with Crippen molar-refractivity contribution in [3.63, 3.8) is 0 Å². The van der Waals surface area contributed by atoms with Gasteiger partial charge in [-0.2, -0.15) is 0 Å². The zero-order valence-electron chi connectivity index (χ0n) is 22.7. The Hall–Kier alpha value is -4.35. The number of anilines is 1. The van der Waals surface area contributed by atoms with Gasteiger partial charge < -0.3 is 19.3 Å². The van der Waals surface area contributed by atoms with Gasteiger partial charge in [-0.25, -0.2) is 0 Å². The Morgan fingerprint density at radius 2 is 1.83 bits per heavy atom. The fourth-order valence-electron chi connectivity index (χ4n) is 4.76. The lowest BCUT2D eigenvalue weighted by molar-refractivity contribution is -0.132. The molecule has 0 saturated carbocycles. The van der Waals surface area contributed by atoms with E-state index in [0.717, 1.165) is 12.0 Å². The summed E-state index contributed by atoms with van der Waals surface area (Å²) in [6.07, 6.45) is 0.820. The number of aliphatic hydroxyl groups excluding tert-OH is 1. The minimum absolute atomic E-state index is 0.0574. The summed E-state index contributed by atoms with van der Waals surface area (Å²) in [5, 5.41) is 20.4. The molecule has 1 N–H and O–H groups in total. The first-order valence-corrected chi connectivity index (χ1v) is 15.3. The minimum atomic E-state index is -0.955. The highest BCUT2D eigenvalue weighted by atomic mass is 32.2. The fourth-order valence-corrected chi connectivity index (χ4v) is 6.59. The molecule has 1 fully saturated rings. The average Bonchev–Trinajstić information content (AvgIpc) is 3.60. The zero-order chi connectivity index (χ0) is 29.1. The first kappa shape index (κ1) is 27.8. The smallest absolute Gasteiger partial charge is 0.301 e. The molecule has 0 spiro atoms. The molecule has 2 aliphatic rings. The SMILES string of the molecule is CCCOc1cccc([C@H]2C(=C(O)c3ccc4c(c3)OCCO4)C(=O)C(=O)N2c2nnc(SCc3ccccc3)s2)c1. The molecule has 1 amide bonds. The number of thioether (sulfide) groups is 1. The van der Waals surface area contributed by atoms with E-state index >= 15 is 0 Å². The number of rotatable bonds is 9. The molecule has 1 atom stereocenters. The van der Waals surface area contributed by atoms with Crippen LogP contribution in [-0.4, -0.2) is 46.8 Å². The third-order valence-corrected chi connectivity index (χ3v) is 8.84. The van der Waals surface area contributed by atoms with E-state index in [0.29, 0.717) is 58.3 Å². The summed E-state index contributed by atoms with van der Waals surface area (Å²) in [7, 11) is 0. The van der Waals surface area contributed by atoms with Gasteiger partial charge in [0.15, 0.2) is 15.8 Å². The van der Waals surface area contributed by atoms with Gasteiger partial charge in [-0.05, 0) is 47.9 Å². The second-order valence-corrected chi connectivity index (χ2v) is 11.8. The third-order valence-electron chi connectivity index (χ3n) is 6.71.